The number of nitrogens with one attached hydrogen (secondary N) is 2. The first-order valence-electron chi connectivity index (χ1n) is 13.1. The van der Waals surface area contributed by atoms with Gasteiger partial charge in [0.05, 0.1) is 23.9 Å². The van der Waals surface area contributed by atoms with E-state index >= 15 is 0 Å². The molecule has 3 aromatic rings. The molecule has 0 spiro atoms. The molecule has 1 aromatic heterocycles. The second-order valence-corrected chi connectivity index (χ2v) is 9.76. The molecule has 2 saturated heterocycles. The van der Waals surface area contributed by atoms with E-state index in [0.717, 1.165) is 53.6 Å². The van der Waals surface area contributed by atoms with E-state index in [4.69, 9.17) is 21.7 Å². The molecular weight excluding hydrogens is 500 g/mol. The molecule has 9 heteroatoms. The lowest BCUT2D eigenvalue weighted by molar-refractivity contribution is -0.122. The number of aryl methyl sites for hydroxylation is 1. The Morgan fingerprint density at radius 1 is 1.24 bits per heavy atom. The normalized spacial score (nSPS) is 18.4. The summed E-state index contributed by atoms with van der Waals surface area (Å²) in [6, 6.07) is 13.4. The summed E-state index contributed by atoms with van der Waals surface area (Å²) in [5, 5.41) is 7.37. The van der Waals surface area contributed by atoms with Gasteiger partial charge in [-0.15, -0.1) is 0 Å². The molecule has 198 valence electrons. The van der Waals surface area contributed by atoms with Gasteiger partial charge in [-0.3, -0.25) is 14.5 Å². The van der Waals surface area contributed by atoms with Crippen LogP contribution in [-0.2, 0) is 27.3 Å². The molecule has 0 bridgehead atoms. The molecule has 1 atom stereocenters. The Labute approximate surface area is 227 Å². The molecular formula is C29H32N4O4S. The second kappa shape index (κ2) is 11.4. The molecule has 5 rings (SSSR count). The number of amides is 2. The zero-order valence-corrected chi connectivity index (χ0v) is 22.5. The number of thiocarbonyl (C=S) groups is 1. The van der Waals surface area contributed by atoms with Crippen LogP contribution in [0.25, 0.3) is 17.0 Å². The molecule has 2 aliphatic rings. The van der Waals surface area contributed by atoms with Crippen LogP contribution < -0.4 is 20.3 Å². The summed E-state index contributed by atoms with van der Waals surface area (Å²) in [5.41, 5.74) is 4.02. The zero-order chi connectivity index (χ0) is 26.6. The minimum absolute atomic E-state index is 0.0690. The van der Waals surface area contributed by atoms with Gasteiger partial charge in [0, 0.05) is 30.3 Å². The number of para-hydroxylation sites is 1. The first kappa shape index (κ1) is 25.9. The first-order chi connectivity index (χ1) is 18.5. The van der Waals surface area contributed by atoms with Gasteiger partial charge in [-0.1, -0.05) is 25.1 Å². The quantitative estimate of drug-likeness (QED) is 0.318. The largest absolute Gasteiger partial charge is 0.494 e. The number of carbonyl (C=O) groups is 2. The van der Waals surface area contributed by atoms with Crippen LogP contribution in [0.2, 0.25) is 0 Å². The predicted molar refractivity (Wildman–Crippen MR) is 152 cm³/mol. The van der Waals surface area contributed by atoms with Crippen molar-refractivity contribution in [1.29, 1.82) is 0 Å². The third kappa shape index (κ3) is 5.30. The lowest BCUT2D eigenvalue weighted by atomic mass is 10.1. The molecule has 0 saturated carbocycles. The van der Waals surface area contributed by atoms with Crippen LogP contribution in [0.1, 0.15) is 37.8 Å². The molecule has 38 heavy (non-hydrogen) atoms. The Hall–Kier alpha value is -3.69. The lowest BCUT2D eigenvalue weighted by Crippen LogP contribution is -2.34. The minimum atomic E-state index is -0.235. The maximum absolute atomic E-state index is 13.4. The predicted octanol–water partition coefficient (Wildman–Crippen LogP) is 4.16. The van der Waals surface area contributed by atoms with Gasteiger partial charge >= 0.3 is 0 Å². The summed E-state index contributed by atoms with van der Waals surface area (Å²) in [6.45, 7) is 6.04. The van der Waals surface area contributed by atoms with Crippen LogP contribution in [0.15, 0.2) is 54.4 Å². The van der Waals surface area contributed by atoms with Crippen molar-refractivity contribution in [2.45, 2.75) is 45.8 Å². The summed E-state index contributed by atoms with van der Waals surface area (Å²) in [7, 11) is 0. The Kier molecular flexibility index (Phi) is 7.76. The number of rotatable bonds is 9. The van der Waals surface area contributed by atoms with Crippen molar-refractivity contribution in [3.63, 3.8) is 0 Å². The number of nitrogens with zero attached hydrogens (tertiary/aromatic N) is 2. The number of carbonyl (C=O) groups excluding carboxylic acids is 2. The van der Waals surface area contributed by atoms with E-state index in [1.807, 2.05) is 60.2 Å². The van der Waals surface area contributed by atoms with Crippen LogP contribution in [0.3, 0.4) is 0 Å². The maximum Gasteiger partial charge on any atom is 0.281 e. The highest BCUT2D eigenvalue weighted by molar-refractivity contribution is 7.80. The van der Waals surface area contributed by atoms with Crippen molar-refractivity contribution in [2.75, 3.05) is 24.7 Å². The van der Waals surface area contributed by atoms with Crippen LogP contribution in [0, 0.1) is 0 Å². The van der Waals surface area contributed by atoms with Crippen LogP contribution >= 0.6 is 12.2 Å². The minimum Gasteiger partial charge on any atom is -0.494 e. The topological polar surface area (TPSA) is 84.8 Å². The summed E-state index contributed by atoms with van der Waals surface area (Å²) in [4.78, 5) is 27.7. The molecule has 2 aliphatic heterocycles. The van der Waals surface area contributed by atoms with Gasteiger partial charge in [0.15, 0.2) is 5.11 Å². The van der Waals surface area contributed by atoms with Crippen molar-refractivity contribution in [2.24, 2.45) is 0 Å². The molecule has 2 amide bonds. The molecule has 8 nitrogen and oxygen atoms in total. The highest BCUT2D eigenvalue weighted by atomic mass is 32.1. The van der Waals surface area contributed by atoms with E-state index in [1.54, 1.807) is 0 Å². The maximum atomic E-state index is 13.4. The van der Waals surface area contributed by atoms with Crippen LogP contribution in [-0.4, -0.2) is 47.4 Å². The number of hydrogen-bond acceptors (Lipinski definition) is 5. The third-order valence-corrected chi connectivity index (χ3v) is 7.13. The fourth-order valence-corrected chi connectivity index (χ4v) is 5.32. The van der Waals surface area contributed by atoms with E-state index in [0.29, 0.717) is 29.6 Å². The van der Waals surface area contributed by atoms with Gasteiger partial charge in [0.25, 0.3) is 5.91 Å². The van der Waals surface area contributed by atoms with Gasteiger partial charge in [-0.05, 0) is 74.3 Å². The number of fused-ring (bicyclic) bond motifs is 1. The Morgan fingerprint density at radius 2 is 2.05 bits per heavy atom. The van der Waals surface area contributed by atoms with Crippen molar-refractivity contribution in [3.8, 4) is 5.75 Å². The molecule has 0 unspecified atom stereocenters. The average Bonchev–Trinajstić information content (AvgIpc) is 3.63. The Bertz CT molecular complexity index is 1390. The van der Waals surface area contributed by atoms with Crippen molar-refractivity contribution < 1.29 is 19.1 Å². The van der Waals surface area contributed by atoms with Gasteiger partial charge in [-0.25, -0.2) is 0 Å². The van der Waals surface area contributed by atoms with Crippen LogP contribution in [0.5, 0.6) is 5.75 Å². The summed E-state index contributed by atoms with van der Waals surface area (Å²) >= 11 is 5.50. The van der Waals surface area contributed by atoms with Gasteiger partial charge < -0.3 is 24.7 Å². The fraction of sp³-hybridized carbons (Fsp3) is 0.345. The zero-order valence-electron chi connectivity index (χ0n) is 21.7. The van der Waals surface area contributed by atoms with E-state index in [9.17, 15) is 9.59 Å². The smallest absolute Gasteiger partial charge is 0.281 e. The highest BCUT2D eigenvalue weighted by Gasteiger charge is 2.32. The number of ether oxygens (including phenoxy) is 2. The summed E-state index contributed by atoms with van der Waals surface area (Å²) in [5.74, 6) is 0.429. The fourth-order valence-electron chi connectivity index (χ4n) is 5.02. The molecule has 3 heterocycles. The van der Waals surface area contributed by atoms with Crippen molar-refractivity contribution >= 4 is 51.8 Å². The molecule has 0 aliphatic carbocycles. The van der Waals surface area contributed by atoms with Crippen LogP contribution in [0.4, 0.5) is 5.69 Å². The van der Waals surface area contributed by atoms with E-state index < -0.39 is 0 Å². The molecule has 2 fully saturated rings. The summed E-state index contributed by atoms with van der Waals surface area (Å²) < 4.78 is 13.1. The number of anilines is 1. The SMILES string of the molecule is CCOc1ccc(N2C(=O)/C(=C/c3cn(CC(=O)NC[C@H]4CCCO4)c4c(CC)cccc34)NC2=S)cc1. The number of hydrogen-bond donors (Lipinski definition) is 2. The average molecular weight is 533 g/mol. The Morgan fingerprint density at radius 3 is 2.76 bits per heavy atom. The van der Waals surface area contributed by atoms with E-state index in [1.165, 1.54) is 4.90 Å². The third-order valence-electron chi connectivity index (χ3n) is 6.84. The van der Waals surface area contributed by atoms with Crippen molar-refractivity contribution in [1.82, 2.24) is 15.2 Å². The van der Waals surface area contributed by atoms with Gasteiger partial charge in [0.1, 0.15) is 18.0 Å². The number of benzene rings is 2. The highest BCUT2D eigenvalue weighted by Crippen LogP contribution is 2.29. The monoisotopic (exact) mass is 532 g/mol. The lowest BCUT2D eigenvalue weighted by Gasteiger charge is -2.14. The van der Waals surface area contributed by atoms with E-state index in [2.05, 4.69) is 23.6 Å². The standard InChI is InChI=1S/C29H32N4O4S/c1-3-19-7-5-9-24-20(17-32(27(19)24)18-26(34)30-16-23-8-6-14-37-23)15-25-28(35)33(29(38)31-25)21-10-12-22(13-11-21)36-4-2/h5,7,9-13,15,17,23H,3-4,6,8,14,16,18H2,1-2H3,(H,30,34)(H,31,38)/b25-15-/t23-/m1/s1. The van der Waals surface area contributed by atoms with Gasteiger partial charge in [0.2, 0.25) is 5.91 Å². The summed E-state index contributed by atoms with van der Waals surface area (Å²) in [6.07, 6.45) is 6.66. The van der Waals surface area contributed by atoms with Crippen molar-refractivity contribution in [3.05, 3.63) is 65.5 Å². The van der Waals surface area contributed by atoms with Gasteiger partial charge in [-0.2, -0.15) is 0 Å². The second-order valence-electron chi connectivity index (χ2n) is 9.37. The number of aromatic nitrogens is 1. The molecule has 0 radical (unpaired) electrons. The molecule has 2 aromatic carbocycles. The Balaban J connectivity index is 1.41. The van der Waals surface area contributed by atoms with E-state index in [-0.39, 0.29) is 24.5 Å². The molecule has 2 N–H and O–H groups in total. The first-order valence-corrected chi connectivity index (χ1v) is 13.5.